The predicted molar refractivity (Wildman–Crippen MR) is 80.3 cm³/mol. The Morgan fingerprint density at radius 1 is 1.55 bits per heavy atom. The van der Waals surface area contributed by atoms with Crippen LogP contribution in [0.15, 0.2) is 41.4 Å². The lowest BCUT2D eigenvalue weighted by Crippen LogP contribution is -2.29. The Balaban J connectivity index is 1.74. The monoisotopic (exact) mass is 318 g/mol. The van der Waals surface area contributed by atoms with Crippen molar-refractivity contribution in [3.05, 3.63) is 47.6 Å². The average Bonchev–Trinajstić information content (AvgIpc) is 3.24. The molecule has 0 aliphatic heterocycles. The van der Waals surface area contributed by atoms with Gasteiger partial charge in [0.25, 0.3) is 5.91 Å². The van der Waals surface area contributed by atoms with Crippen LogP contribution in [0.5, 0.6) is 0 Å². The quantitative estimate of drug-likeness (QED) is 0.745. The van der Waals surface area contributed by atoms with E-state index in [1.54, 1.807) is 23.0 Å². The topological polar surface area (TPSA) is 93.2 Å². The van der Waals surface area contributed by atoms with Gasteiger partial charge in [0.2, 0.25) is 0 Å². The molecule has 0 fully saturated rings. The predicted octanol–water partition coefficient (Wildman–Crippen LogP) is 1.60. The number of carbonyl (C=O) groups excluding carboxylic acids is 1. The van der Waals surface area contributed by atoms with Gasteiger partial charge < -0.3 is 14.8 Å². The maximum Gasteiger partial charge on any atom is 0.263 e. The first-order valence-corrected chi connectivity index (χ1v) is 7.39. The molecule has 0 aromatic carbocycles. The Labute approximate surface area is 130 Å². The minimum atomic E-state index is -0.577. The molecular formula is C14H14N4O3S. The number of carbonyl (C=O) groups is 1. The molecule has 7 nitrogen and oxygen atoms in total. The molecule has 8 heteroatoms. The zero-order chi connectivity index (χ0) is 15.5. The van der Waals surface area contributed by atoms with Crippen molar-refractivity contribution in [2.45, 2.75) is 6.04 Å². The van der Waals surface area contributed by atoms with Crippen molar-refractivity contribution < 1.29 is 14.3 Å². The Morgan fingerprint density at radius 2 is 2.41 bits per heavy atom. The van der Waals surface area contributed by atoms with E-state index in [9.17, 15) is 9.90 Å². The van der Waals surface area contributed by atoms with Gasteiger partial charge in [-0.1, -0.05) is 0 Å². The van der Waals surface area contributed by atoms with Crippen LogP contribution in [0.25, 0.3) is 10.6 Å². The largest absolute Gasteiger partial charge is 0.467 e. The van der Waals surface area contributed by atoms with Crippen LogP contribution in [-0.4, -0.2) is 32.4 Å². The highest BCUT2D eigenvalue weighted by molar-refractivity contribution is 7.16. The lowest BCUT2D eigenvalue weighted by molar-refractivity contribution is 0.0911. The van der Waals surface area contributed by atoms with E-state index in [1.807, 2.05) is 13.2 Å². The second-order valence-corrected chi connectivity index (χ2v) is 5.69. The van der Waals surface area contributed by atoms with Gasteiger partial charge in [-0.05, 0) is 12.1 Å². The molecule has 0 spiro atoms. The molecule has 0 bridgehead atoms. The fraction of sp³-hybridized carbons (Fsp3) is 0.214. The van der Waals surface area contributed by atoms with Gasteiger partial charge in [-0.25, -0.2) is 4.98 Å². The Bertz CT molecular complexity index is 763. The molecule has 3 aromatic rings. The molecule has 0 aliphatic rings. The maximum atomic E-state index is 12.2. The Hall–Kier alpha value is -2.45. The van der Waals surface area contributed by atoms with Crippen LogP contribution in [0, 0.1) is 0 Å². The molecule has 3 aromatic heterocycles. The molecule has 1 amide bonds. The third kappa shape index (κ3) is 2.92. The van der Waals surface area contributed by atoms with E-state index >= 15 is 0 Å². The molecule has 0 saturated carbocycles. The molecule has 1 unspecified atom stereocenters. The van der Waals surface area contributed by atoms with Crippen LogP contribution in [0.2, 0.25) is 0 Å². The van der Waals surface area contributed by atoms with Crippen molar-refractivity contribution in [2.75, 3.05) is 6.61 Å². The van der Waals surface area contributed by atoms with Crippen molar-refractivity contribution in [1.82, 2.24) is 20.1 Å². The SMILES string of the molecule is Cn1cc(-c2ncc(C(=O)NC(CO)c3ccco3)s2)cn1. The summed E-state index contributed by atoms with van der Waals surface area (Å²) in [6, 6.07) is 2.83. The van der Waals surface area contributed by atoms with E-state index in [4.69, 9.17) is 4.42 Å². The van der Waals surface area contributed by atoms with Gasteiger partial charge >= 0.3 is 0 Å². The number of rotatable bonds is 5. The first kappa shape index (κ1) is 14.5. The molecular weight excluding hydrogens is 304 g/mol. The van der Waals surface area contributed by atoms with Gasteiger partial charge in [0, 0.05) is 18.8 Å². The highest BCUT2D eigenvalue weighted by atomic mass is 32.1. The maximum absolute atomic E-state index is 12.2. The number of hydrogen-bond acceptors (Lipinski definition) is 6. The van der Waals surface area contributed by atoms with Crippen LogP contribution < -0.4 is 5.32 Å². The number of aliphatic hydroxyl groups excluding tert-OH is 1. The molecule has 1 atom stereocenters. The first-order valence-electron chi connectivity index (χ1n) is 6.57. The van der Waals surface area contributed by atoms with Crippen LogP contribution in [0.1, 0.15) is 21.5 Å². The van der Waals surface area contributed by atoms with E-state index < -0.39 is 6.04 Å². The average molecular weight is 318 g/mol. The van der Waals surface area contributed by atoms with E-state index in [-0.39, 0.29) is 12.5 Å². The zero-order valence-corrected chi connectivity index (χ0v) is 12.6. The lowest BCUT2D eigenvalue weighted by atomic mass is 10.2. The summed E-state index contributed by atoms with van der Waals surface area (Å²) in [5, 5.41) is 16.9. The minimum Gasteiger partial charge on any atom is -0.467 e. The summed E-state index contributed by atoms with van der Waals surface area (Å²) in [4.78, 5) is 16.9. The minimum absolute atomic E-state index is 0.243. The number of aromatic nitrogens is 3. The summed E-state index contributed by atoms with van der Waals surface area (Å²) in [6.45, 7) is -0.243. The highest BCUT2D eigenvalue weighted by Gasteiger charge is 2.19. The van der Waals surface area contributed by atoms with Gasteiger partial charge in [-0.15, -0.1) is 11.3 Å². The standard InChI is InChI=1S/C14H14N4O3S/c1-18-7-9(5-16-18)14-15-6-12(22-14)13(20)17-10(8-19)11-3-2-4-21-11/h2-7,10,19H,8H2,1H3,(H,17,20). The molecule has 0 saturated heterocycles. The number of aryl methyl sites for hydroxylation is 1. The van der Waals surface area contributed by atoms with Crippen LogP contribution in [-0.2, 0) is 7.05 Å². The van der Waals surface area contributed by atoms with Crippen LogP contribution >= 0.6 is 11.3 Å². The van der Waals surface area contributed by atoms with Gasteiger partial charge in [0.1, 0.15) is 21.7 Å². The fourth-order valence-electron chi connectivity index (χ4n) is 1.97. The molecule has 0 aliphatic carbocycles. The number of nitrogens with zero attached hydrogens (tertiary/aromatic N) is 3. The smallest absolute Gasteiger partial charge is 0.263 e. The molecule has 0 radical (unpaired) electrons. The molecule has 3 heterocycles. The van der Waals surface area contributed by atoms with Gasteiger partial charge in [0.05, 0.1) is 25.3 Å². The lowest BCUT2D eigenvalue weighted by Gasteiger charge is -2.12. The molecule has 2 N–H and O–H groups in total. The van der Waals surface area contributed by atoms with Crippen LogP contribution in [0.4, 0.5) is 0 Å². The second kappa shape index (κ2) is 6.12. The summed E-state index contributed by atoms with van der Waals surface area (Å²) in [6.07, 6.45) is 6.54. The highest BCUT2D eigenvalue weighted by Crippen LogP contribution is 2.25. The molecule has 22 heavy (non-hydrogen) atoms. The number of amides is 1. The van der Waals surface area contributed by atoms with Gasteiger partial charge in [-0.3, -0.25) is 9.48 Å². The third-order valence-corrected chi connectivity index (χ3v) is 4.10. The third-order valence-electron chi connectivity index (χ3n) is 3.06. The van der Waals surface area contributed by atoms with Crippen molar-refractivity contribution >= 4 is 17.2 Å². The van der Waals surface area contributed by atoms with Crippen LogP contribution in [0.3, 0.4) is 0 Å². The van der Waals surface area contributed by atoms with E-state index in [2.05, 4.69) is 15.4 Å². The summed E-state index contributed by atoms with van der Waals surface area (Å²) in [5.74, 6) is 0.205. The van der Waals surface area contributed by atoms with Gasteiger partial charge in [0.15, 0.2) is 0 Å². The summed E-state index contributed by atoms with van der Waals surface area (Å²) < 4.78 is 6.88. The van der Waals surface area contributed by atoms with Crippen molar-refractivity contribution in [3.63, 3.8) is 0 Å². The van der Waals surface area contributed by atoms with E-state index in [1.165, 1.54) is 23.8 Å². The Morgan fingerprint density at radius 3 is 3.05 bits per heavy atom. The summed E-state index contributed by atoms with van der Waals surface area (Å²) in [5.41, 5.74) is 0.858. The van der Waals surface area contributed by atoms with Crippen molar-refractivity contribution in [3.8, 4) is 10.6 Å². The fourth-order valence-corrected chi connectivity index (χ4v) is 2.76. The van der Waals surface area contributed by atoms with E-state index in [0.29, 0.717) is 10.6 Å². The van der Waals surface area contributed by atoms with Crippen molar-refractivity contribution in [2.24, 2.45) is 7.05 Å². The molecule has 3 rings (SSSR count). The first-order chi connectivity index (χ1) is 10.7. The number of furan rings is 1. The molecule has 114 valence electrons. The summed E-state index contributed by atoms with van der Waals surface area (Å²) >= 11 is 1.27. The number of aliphatic hydroxyl groups is 1. The Kier molecular flexibility index (Phi) is 4.03. The number of hydrogen-bond donors (Lipinski definition) is 2. The van der Waals surface area contributed by atoms with Gasteiger partial charge in [-0.2, -0.15) is 5.10 Å². The summed E-state index contributed by atoms with van der Waals surface area (Å²) in [7, 11) is 1.82. The second-order valence-electron chi connectivity index (χ2n) is 4.66. The normalized spacial score (nSPS) is 12.3. The zero-order valence-electron chi connectivity index (χ0n) is 11.8. The van der Waals surface area contributed by atoms with E-state index in [0.717, 1.165) is 10.6 Å². The number of nitrogens with one attached hydrogen (secondary N) is 1. The van der Waals surface area contributed by atoms with Crippen molar-refractivity contribution in [1.29, 1.82) is 0 Å². The number of thiazole rings is 1.